The zero-order chi connectivity index (χ0) is 17.2. The maximum absolute atomic E-state index is 13.1. The number of pyridine rings is 1. The highest BCUT2D eigenvalue weighted by Crippen LogP contribution is 2.29. The van der Waals surface area contributed by atoms with Crippen molar-refractivity contribution in [1.29, 1.82) is 0 Å². The maximum atomic E-state index is 13.1. The lowest BCUT2D eigenvalue weighted by atomic mass is 10.1. The van der Waals surface area contributed by atoms with Crippen LogP contribution in [0.15, 0.2) is 43.1 Å². The Morgan fingerprint density at radius 2 is 2.28 bits per heavy atom. The van der Waals surface area contributed by atoms with Gasteiger partial charge in [-0.2, -0.15) is 5.10 Å². The molecule has 8 heteroatoms. The summed E-state index contributed by atoms with van der Waals surface area (Å²) in [4.78, 5) is 24.2. The molecule has 0 bridgehead atoms. The van der Waals surface area contributed by atoms with E-state index in [0.29, 0.717) is 11.4 Å². The second-order valence-corrected chi connectivity index (χ2v) is 6.97. The first-order valence-corrected chi connectivity index (χ1v) is 8.90. The van der Waals surface area contributed by atoms with E-state index in [4.69, 9.17) is 0 Å². The van der Waals surface area contributed by atoms with E-state index in [-0.39, 0.29) is 11.9 Å². The number of carbonyl (C=O) groups excluding carboxylic acids is 1. The van der Waals surface area contributed by atoms with Crippen molar-refractivity contribution in [2.24, 2.45) is 7.05 Å². The van der Waals surface area contributed by atoms with Crippen molar-refractivity contribution >= 4 is 17.2 Å². The second-order valence-electron chi connectivity index (χ2n) is 5.94. The summed E-state index contributed by atoms with van der Waals surface area (Å²) < 4.78 is 1.73. The van der Waals surface area contributed by atoms with Crippen LogP contribution in [-0.4, -0.2) is 50.2 Å². The largest absolute Gasteiger partial charge is 0.328 e. The molecular formula is C17H18N6OS. The van der Waals surface area contributed by atoms with Gasteiger partial charge in [0.1, 0.15) is 9.88 Å². The standard InChI is InChI=1S/C17H18N6OS/c1-22-11-13(8-21-22)16-20-10-15(25-16)17(24)23-6-5-19-9-14(23)12-3-2-4-18-7-12/h2-4,7-8,10-11,14,19H,5-6,9H2,1H3. The number of aryl methyl sites for hydroxylation is 1. The number of carbonyl (C=O) groups is 1. The van der Waals surface area contributed by atoms with Crippen LogP contribution in [0.3, 0.4) is 0 Å². The molecule has 1 fully saturated rings. The van der Waals surface area contributed by atoms with Gasteiger partial charge in [-0.1, -0.05) is 6.07 Å². The Hall–Kier alpha value is -2.58. The third kappa shape index (κ3) is 3.18. The van der Waals surface area contributed by atoms with Crippen molar-refractivity contribution < 1.29 is 4.79 Å². The first-order valence-electron chi connectivity index (χ1n) is 8.09. The lowest BCUT2D eigenvalue weighted by Crippen LogP contribution is -2.48. The number of nitrogens with zero attached hydrogens (tertiary/aromatic N) is 5. The van der Waals surface area contributed by atoms with Crippen molar-refractivity contribution in [2.45, 2.75) is 6.04 Å². The number of rotatable bonds is 3. The zero-order valence-corrected chi connectivity index (χ0v) is 14.6. The molecule has 3 aromatic rings. The van der Waals surface area contributed by atoms with E-state index < -0.39 is 0 Å². The lowest BCUT2D eigenvalue weighted by molar-refractivity contribution is 0.0639. The van der Waals surface area contributed by atoms with E-state index in [1.165, 1.54) is 11.3 Å². The van der Waals surface area contributed by atoms with Gasteiger partial charge in [0.2, 0.25) is 0 Å². The van der Waals surface area contributed by atoms with Gasteiger partial charge in [-0.3, -0.25) is 14.5 Å². The van der Waals surface area contributed by atoms with Gasteiger partial charge in [-0.25, -0.2) is 4.98 Å². The molecule has 0 aromatic carbocycles. The molecule has 7 nitrogen and oxygen atoms in total. The van der Waals surface area contributed by atoms with E-state index >= 15 is 0 Å². The Bertz CT molecular complexity index is 874. The van der Waals surface area contributed by atoms with E-state index in [1.807, 2.05) is 36.5 Å². The molecule has 1 saturated heterocycles. The SMILES string of the molecule is Cn1cc(-c2ncc(C(=O)N3CCNCC3c3cccnc3)s2)cn1. The highest BCUT2D eigenvalue weighted by Gasteiger charge is 2.30. The Balaban J connectivity index is 1.60. The highest BCUT2D eigenvalue weighted by atomic mass is 32.1. The summed E-state index contributed by atoms with van der Waals surface area (Å²) in [5.74, 6) is 0.0167. The predicted octanol–water partition coefficient (Wildman–Crippen LogP) is 1.73. The van der Waals surface area contributed by atoms with E-state index in [1.54, 1.807) is 23.3 Å². The monoisotopic (exact) mass is 354 g/mol. The van der Waals surface area contributed by atoms with Crippen LogP contribution >= 0.6 is 11.3 Å². The van der Waals surface area contributed by atoms with Crippen LogP contribution in [0, 0.1) is 0 Å². The Kier molecular flexibility index (Phi) is 4.29. The van der Waals surface area contributed by atoms with E-state index in [9.17, 15) is 4.79 Å². The third-order valence-electron chi connectivity index (χ3n) is 4.24. The fourth-order valence-electron chi connectivity index (χ4n) is 3.00. The Morgan fingerprint density at radius 3 is 3.04 bits per heavy atom. The van der Waals surface area contributed by atoms with Gasteiger partial charge in [0, 0.05) is 50.8 Å². The molecule has 0 aliphatic carbocycles. The van der Waals surface area contributed by atoms with Crippen molar-refractivity contribution in [3.63, 3.8) is 0 Å². The highest BCUT2D eigenvalue weighted by molar-refractivity contribution is 7.16. The number of piperazine rings is 1. The minimum atomic E-state index is -0.0149. The molecule has 3 aromatic heterocycles. The lowest BCUT2D eigenvalue weighted by Gasteiger charge is -2.36. The molecule has 1 atom stereocenters. The topological polar surface area (TPSA) is 75.9 Å². The summed E-state index contributed by atoms with van der Waals surface area (Å²) >= 11 is 1.41. The first-order chi connectivity index (χ1) is 12.2. The minimum Gasteiger partial charge on any atom is -0.328 e. The van der Waals surface area contributed by atoms with Gasteiger partial charge >= 0.3 is 0 Å². The quantitative estimate of drug-likeness (QED) is 0.775. The summed E-state index contributed by atoms with van der Waals surface area (Å²) in [6, 6.07) is 3.90. The minimum absolute atomic E-state index is 0.0149. The third-order valence-corrected chi connectivity index (χ3v) is 5.28. The van der Waals surface area contributed by atoms with Crippen LogP contribution in [0.1, 0.15) is 21.3 Å². The molecule has 1 aliphatic rings. The smallest absolute Gasteiger partial charge is 0.266 e. The molecule has 1 aliphatic heterocycles. The number of aromatic nitrogens is 4. The molecule has 4 heterocycles. The number of amides is 1. The van der Waals surface area contributed by atoms with Crippen LogP contribution in [0.5, 0.6) is 0 Å². The van der Waals surface area contributed by atoms with E-state index in [2.05, 4.69) is 20.4 Å². The van der Waals surface area contributed by atoms with Crippen molar-refractivity contribution in [3.05, 3.63) is 53.6 Å². The van der Waals surface area contributed by atoms with Crippen LogP contribution in [-0.2, 0) is 7.05 Å². The molecule has 4 rings (SSSR count). The van der Waals surface area contributed by atoms with Gasteiger partial charge in [0.25, 0.3) is 5.91 Å². The molecule has 1 N–H and O–H groups in total. The van der Waals surface area contributed by atoms with Crippen LogP contribution in [0.4, 0.5) is 0 Å². The average molecular weight is 354 g/mol. The van der Waals surface area contributed by atoms with Crippen molar-refractivity contribution in [3.8, 4) is 10.6 Å². The fourth-order valence-corrected chi connectivity index (χ4v) is 3.84. The van der Waals surface area contributed by atoms with E-state index in [0.717, 1.165) is 29.2 Å². The first kappa shape index (κ1) is 15.9. The number of hydrogen-bond acceptors (Lipinski definition) is 6. The number of nitrogens with one attached hydrogen (secondary N) is 1. The number of hydrogen-bond donors (Lipinski definition) is 1. The average Bonchev–Trinajstić information content (AvgIpc) is 3.31. The molecule has 1 unspecified atom stereocenters. The maximum Gasteiger partial charge on any atom is 0.266 e. The molecule has 0 spiro atoms. The summed E-state index contributed by atoms with van der Waals surface area (Å²) in [5.41, 5.74) is 1.97. The predicted molar refractivity (Wildman–Crippen MR) is 95.2 cm³/mol. The van der Waals surface area contributed by atoms with Crippen LogP contribution in [0.2, 0.25) is 0 Å². The molecule has 0 saturated carbocycles. The molecule has 0 radical (unpaired) electrons. The second kappa shape index (κ2) is 6.73. The Labute approximate surface area is 149 Å². The molecule has 1 amide bonds. The molecule has 128 valence electrons. The fraction of sp³-hybridized carbons (Fsp3) is 0.294. The van der Waals surface area contributed by atoms with Gasteiger partial charge < -0.3 is 10.2 Å². The van der Waals surface area contributed by atoms with Gasteiger partial charge in [-0.15, -0.1) is 11.3 Å². The Morgan fingerprint density at radius 1 is 1.36 bits per heavy atom. The number of thiazole rings is 1. The molecular weight excluding hydrogens is 336 g/mol. The van der Waals surface area contributed by atoms with Gasteiger partial charge in [-0.05, 0) is 11.6 Å². The summed E-state index contributed by atoms with van der Waals surface area (Å²) in [7, 11) is 1.86. The van der Waals surface area contributed by atoms with Gasteiger partial charge in [0.15, 0.2) is 0 Å². The zero-order valence-electron chi connectivity index (χ0n) is 13.8. The summed E-state index contributed by atoms with van der Waals surface area (Å²) in [6.45, 7) is 2.18. The molecule has 25 heavy (non-hydrogen) atoms. The van der Waals surface area contributed by atoms with Gasteiger partial charge in [0.05, 0.1) is 18.4 Å². The van der Waals surface area contributed by atoms with Crippen molar-refractivity contribution in [2.75, 3.05) is 19.6 Å². The van der Waals surface area contributed by atoms with Crippen molar-refractivity contribution in [1.82, 2.24) is 30.0 Å². The van der Waals surface area contributed by atoms with Crippen LogP contribution < -0.4 is 5.32 Å². The summed E-state index contributed by atoms with van der Waals surface area (Å²) in [5, 5.41) is 8.33. The van der Waals surface area contributed by atoms with Crippen LogP contribution in [0.25, 0.3) is 10.6 Å². The normalized spacial score (nSPS) is 17.6. The summed E-state index contributed by atoms with van der Waals surface area (Å²) in [6.07, 6.45) is 8.89.